The van der Waals surface area contributed by atoms with E-state index in [0.29, 0.717) is 17.4 Å². The molecule has 0 bridgehead atoms. The smallest absolute Gasteiger partial charge is 0.165 e. The van der Waals surface area contributed by atoms with Crippen LogP contribution in [0.2, 0.25) is 0 Å². The van der Waals surface area contributed by atoms with Crippen LogP contribution in [-0.4, -0.2) is 60.6 Å². The first kappa shape index (κ1) is 24.2. The average molecular weight is 529 g/mol. The molecule has 0 unspecified atom stereocenters. The molecule has 2 aliphatic rings. The number of nitriles is 1. The van der Waals surface area contributed by atoms with Crippen molar-refractivity contribution in [3.63, 3.8) is 0 Å². The van der Waals surface area contributed by atoms with Crippen molar-refractivity contribution in [2.24, 2.45) is 0 Å². The third kappa shape index (κ3) is 4.61. The Balaban J connectivity index is 1.13. The van der Waals surface area contributed by atoms with E-state index in [0.717, 1.165) is 72.5 Å². The fourth-order valence-corrected chi connectivity index (χ4v) is 5.34. The first-order valence-electron chi connectivity index (χ1n) is 13.6. The summed E-state index contributed by atoms with van der Waals surface area (Å²) in [5.74, 6) is 2.55. The van der Waals surface area contributed by atoms with Crippen molar-refractivity contribution < 1.29 is 0 Å². The summed E-state index contributed by atoms with van der Waals surface area (Å²) in [6, 6.07) is 20.5. The van der Waals surface area contributed by atoms with Gasteiger partial charge >= 0.3 is 0 Å². The quantitative estimate of drug-likeness (QED) is 0.349. The number of rotatable bonds is 6. The van der Waals surface area contributed by atoms with Crippen LogP contribution in [0, 0.1) is 11.3 Å². The Bertz CT molecular complexity index is 1720. The Morgan fingerprint density at radius 2 is 1.75 bits per heavy atom. The van der Waals surface area contributed by atoms with Gasteiger partial charge in [0.05, 0.1) is 5.56 Å². The molecule has 1 aliphatic heterocycles. The van der Waals surface area contributed by atoms with Crippen molar-refractivity contribution >= 4 is 22.8 Å². The Labute approximate surface area is 231 Å². The summed E-state index contributed by atoms with van der Waals surface area (Å²) < 4.78 is 2.11. The fourth-order valence-electron chi connectivity index (χ4n) is 5.34. The van der Waals surface area contributed by atoms with Crippen LogP contribution in [0.15, 0.2) is 67.1 Å². The summed E-state index contributed by atoms with van der Waals surface area (Å²) in [6.07, 6.45) is 5.54. The first-order chi connectivity index (χ1) is 19.7. The predicted octanol–water partition coefficient (Wildman–Crippen LogP) is 3.93. The third-order valence-electron chi connectivity index (χ3n) is 7.67. The van der Waals surface area contributed by atoms with Gasteiger partial charge in [0.2, 0.25) is 0 Å². The minimum Gasteiger partial charge on any atom is -0.383 e. The Hall–Kier alpha value is -4.88. The molecule has 40 heavy (non-hydrogen) atoms. The second-order valence-electron chi connectivity index (χ2n) is 10.4. The molecule has 198 valence electrons. The SMILES string of the molecule is N#Cc1cc(N2CCN(Cc3ccc(-n4c(-c5cccnc5N)nc5ccc(C6CC6)nc54)cc3)CC2)ncn1. The van der Waals surface area contributed by atoms with E-state index in [2.05, 4.69) is 71.8 Å². The molecule has 10 nitrogen and oxygen atoms in total. The van der Waals surface area contributed by atoms with Crippen molar-refractivity contribution in [3.8, 4) is 23.1 Å². The number of hydrogen-bond acceptors (Lipinski definition) is 9. The van der Waals surface area contributed by atoms with Gasteiger partial charge in [0.25, 0.3) is 0 Å². The molecular formula is C30H28N10. The predicted molar refractivity (Wildman–Crippen MR) is 153 cm³/mol. The van der Waals surface area contributed by atoms with Gasteiger partial charge < -0.3 is 10.6 Å². The second-order valence-corrected chi connectivity index (χ2v) is 10.4. The largest absolute Gasteiger partial charge is 0.383 e. The van der Waals surface area contributed by atoms with Crippen LogP contribution in [0.5, 0.6) is 0 Å². The maximum absolute atomic E-state index is 9.14. The van der Waals surface area contributed by atoms with Crippen LogP contribution >= 0.6 is 0 Å². The summed E-state index contributed by atoms with van der Waals surface area (Å²) in [6.45, 7) is 4.40. The summed E-state index contributed by atoms with van der Waals surface area (Å²) in [7, 11) is 0. The number of pyridine rings is 2. The van der Waals surface area contributed by atoms with Gasteiger partial charge in [-0.05, 0) is 54.8 Å². The van der Waals surface area contributed by atoms with E-state index in [1.54, 1.807) is 12.3 Å². The molecule has 4 aromatic heterocycles. The van der Waals surface area contributed by atoms with Crippen LogP contribution in [0.3, 0.4) is 0 Å². The minimum absolute atomic E-state index is 0.395. The first-order valence-corrected chi connectivity index (χ1v) is 13.6. The molecule has 0 atom stereocenters. The molecule has 10 heteroatoms. The number of anilines is 2. The minimum atomic E-state index is 0.395. The molecular weight excluding hydrogens is 500 g/mol. The summed E-state index contributed by atoms with van der Waals surface area (Å²) in [4.78, 5) is 27.3. The number of piperazine rings is 1. The van der Waals surface area contributed by atoms with Crippen LogP contribution in [0.1, 0.15) is 35.7 Å². The van der Waals surface area contributed by atoms with Gasteiger partial charge in [0.15, 0.2) is 11.5 Å². The van der Waals surface area contributed by atoms with Gasteiger partial charge in [-0.2, -0.15) is 5.26 Å². The van der Waals surface area contributed by atoms with Gasteiger partial charge in [-0.25, -0.2) is 24.9 Å². The lowest BCUT2D eigenvalue weighted by Crippen LogP contribution is -2.46. The van der Waals surface area contributed by atoms with Gasteiger partial charge in [-0.1, -0.05) is 12.1 Å². The van der Waals surface area contributed by atoms with Crippen LogP contribution in [-0.2, 0) is 6.54 Å². The highest BCUT2D eigenvalue weighted by Crippen LogP contribution is 2.40. The summed E-state index contributed by atoms with van der Waals surface area (Å²) in [5.41, 5.74) is 12.5. The van der Waals surface area contributed by atoms with E-state index >= 15 is 0 Å². The molecule has 5 aromatic rings. The molecule has 2 fully saturated rings. The molecule has 2 N–H and O–H groups in total. The molecule has 1 aromatic carbocycles. The van der Waals surface area contributed by atoms with E-state index in [1.165, 1.54) is 24.7 Å². The Kier molecular flexibility index (Phi) is 6.06. The highest BCUT2D eigenvalue weighted by Gasteiger charge is 2.27. The van der Waals surface area contributed by atoms with Crippen molar-refractivity contribution in [1.29, 1.82) is 5.26 Å². The molecule has 0 spiro atoms. The standard InChI is InChI=1S/C30H28N10/c31-17-22-16-27(35-19-34-22)39-14-12-38(13-15-39)18-20-3-7-23(8-4-20)40-29(24-2-1-11-33-28(24)32)37-26-10-9-25(21-5-6-21)36-30(26)40/h1-4,7-11,16,19,21H,5-6,12-15,18H2,(H2,32,33). The summed E-state index contributed by atoms with van der Waals surface area (Å²) >= 11 is 0. The maximum atomic E-state index is 9.14. The van der Waals surface area contributed by atoms with E-state index in [-0.39, 0.29) is 0 Å². The molecule has 1 aliphatic carbocycles. The number of nitrogens with zero attached hydrogens (tertiary/aromatic N) is 9. The zero-order chi connectivity index (χ0) is 27.1. The molecule has 0 amide bonds. The highest BCUT2D eigenvalue weighted by atomic mass is 15.3. The average Bonchev–Trinajstić information content (AvgIpc) is 3.79. The van der Waals surface area contributed by atoms with Gasteiger partial charge in [0.1, 0.15) is 35.2 Å². The Morgan fingerprint density at radius 1 is 0.925 bits per heavy atom. The van der Waals surface area contributed by atoms with Crippen LogP contribution in [0.4, 0.5) is 11.6 Å². The molecule has 0 radical (unpaired) electrons. The fraction of sp³-hybridized carbons (Fsp3) is 0.267. The molecule has 1 saturated carbocycles. The Morgan fingerprint density at radius 3 is 2.50 bits per heavy atom. The van der Waals surface area contributed by atoms with E-state index < -0.39 is 0 Å². The topological polar surface area (TPSA) is 126 Å². The van der Waals surface area contributed by atoms with Gasteiger partial charge in [0, 0.05) is 62.3 Å². The number of nitrogen functional groups attached to an aromatic ring is 1. The lowest BCUT2D eigenvalue weighted by Gasteiger charge is -2.35. The van der Waals surface area contributed by atoms with Gasteiger partial charge in [-0.3, -0.25) is 9.47 Å². The van der Waals surface area contributed by atoms with E-state index in [9.17, 15) is 0 Å². The molecule has 1 saturated heterocycles. The molecule has 5 heterocycles. The zero-order valence-corrected chi connectivity index (χ0v) is 22.0. The lowest BCUT2D eigenvalue weighted by atomic mass is 10.1. The van der Waals surface area contributed by atoms with Crippen molar-refractivity contribution in [2.45, 2.75) is 25.3 Å². The van der Waals surface area contributed by atoms with Crippen molar-refractivity contribution in [2.75, 3.05) is 36.8 Å². The highest BCUT2D eigenvalue weighted by molar-refractivity contribution is 5.83. The van der Waals surface area contributed by atoms with Crippen LogP contribution in [0.25, 0.3) is 28.2 Å². The van der Waals surface area contributed by atoms with Crippen molar-refractivity contribution in [1.82, 2.24) is 34.4 Å². The number of imidazole rings is 1. The number of aromatic nitrogens is 6. The number of benzene rings is 1. The normalized spacial score (nSPS) is 15.8. The number of hydrogen-bond donors (Lipinski definition) is 1. The third-order valence-corrected chi connectivity index (χ3v) is 7.67. The lowest BCUT2D eigenvalue weighted by molar-refractivity contribution is 0.249. The van der Waals surface area contributed by atoms with E-state index in [4.69, 9.17) is 21.0 Å². The second kappa shape index (κ2) is 10.0. The molecule has 7 rings (SSSR count). The number of fused-ring (bicyclic) bond motifs is 1. The maximum Gasteiger partial charge on any atom is 0.165 e. The van der Waals surface area contributed by atoms with Crippen LogP contribution < -0.4 is 10.6 Å². The zero-order valence-electron chi connectivity index (χ0n) is 22.0. The monoisotopic (exact) mass is 528 g/mol. The number of nitrogens with two attached hydrogens (primary N) is 1. The van der Waals surface area contributed by atoms with Gasteiger partial charge in [-0.15, -0.1) is 0 Å². The summed E-state index contributed by atoms with van der Waals surface area (Å²) in [5, 5.41) is 9.14. The van der Waals surface area contributed by atoms with E-state index in [1.807, 2.05) is 12.1 Å². The van der Waals surface area contributed by atoms with Crippen molar-refractivity contribution in [3.05, 3.63) is 84.1 Å².